The Kier molecular flexibility index (Phi) is 8.12. The number of halogens is 2. The number of carbonyl (C=O) groups excluding carboxylic acids is 1. The van der Waals surface area contributed by atoms with Crippen molar-refractivity contribution in [2.45, 2.75) is 65.0 Å². The van der Waals surface area contributed by atoms with Crippen molar-refractivity contribution in [3.63, 3.8) is 0 Å². The van der Waals surface area contributed by atoms with Gasteiger partial charge in [-0.3, -0.25) is 4.79 Å². The monoisotopic (exact) mass is 498 g/mol. The zero-order valence-electron chi connectivity index (χ0n) is 20.9. The minimum atomic E-state index is -0.400. The van der Waals surface area contributed by atoms with Crippen LogP contribution >= 0.6 is 11.6 Å². The second-order valence-corrected chi connectivity index (χ2v) is 10.2. The van der Waals surface area contributed by atoms with Gasteiger partial charge in [-0.25, -0.2) is 9.37 Å². The van der Waals surface area contributed by atoms with Crippen LogP contribution in [0.15, 0.2) is 53.5 Å². The van der Waals surface area contributed by atoms with Crippen LogP contribution < -0.4 is 11.1 Å². The number of pyridine rings is 1. The Balaban J connectivity index is 1.58. The van der Waals surface area contributed by atoms with Crippen molar-refractivity contribution in [1.82, 2.24) is 15.2 Å². The minimum Gasteiger partial charge on any atom is -0.369 e. The quantitative estimate of drug-likeness (QED) is 0.510. The molecule has 7 heteroatoms. The average molecular weight is 499 g/mol. The van der Waals surface area contributed by atoms with E-state index in [2.05, 4.69) is 36.3 Å². The fraction of sp³-hybridized carbons (Fsp3) is 0.500. The lowest BCUT2D eigenvalue weighted by Gasteiger charge is -2.39. The van der Waals surface area contributed by atoms with E-state index < -0.39 is 6.04 Å². The van der Waals surface area contributed by atoms with Crippen molar-refractivity contribution < 1.29 is 9.18 Å². The number of hydrogen-bond donors (Lipinski definition) is 2. The van der Waals surface area contributed by atoms with Crippen LogP contribution in [0.1, 0.15) is 57.2 Å². The van der Waals surface area contributed by atoms with E-state index in [1.165, 1.54) is 11.6 Å². The van der Waals surface area contributed by atoms with Gasteiger partial charge in [0.1, 0.15) is 11.0 Å². The van der Waals surface area contributed by atoms with Crippen molar-refractivity contribution in [3.05, 3.63) is 69.9 Å². The van der Waals surface area contributed by atoms with Crippen LogP contribution in [0.5, 0.6) is 0 Å². The van der Waals surface area contributed by atoms with E-state index in [1.54, 1.807) is 6.08 Å². The van der Waals surface area contributed by atoms with Gasteiger partial charge in [-0.2, -0.15) is 0 Å². The molecule has 4 rings (SSSR count). The van der Waals surface area contributed by atoms with E-state index in [9.17, 15) is 9.18 Å². The number of carbonyl (C=O) groups is 1. The lowest BCUT2D eigenvalue weighted by Crippen LogP contribution is -2.49. The van der Waals surface area contributed by atoms with Gasteiger partial charge in [-0.1, -0.05) is 43.7 Å². The zero-order valence-corrected chi connectivity index (χ0v) is 21.6. The summed E-state index contributed by atoms with van der Waals surface area (Å²) in [6.07, 6.45) is 11.7. The molecule has 3 N–H and O–H groups in total. The number of hydrogen-bond acceptors (Lipinski definition) is 4. The molecule has 0 spiro atoms. The first-order valence-corrected chi connectivity index (χ1v) is 13.1. The lowest BCUT2D eigenvalue weighted by atomic mass is 9.78. The topological polar surface area (TPSA) is 71.2 Å². The molecule has 4 unspecified atom stereocenters. The Hall–Kier alpha value is -2.44. The molecule has 3 aliphatic rings. The van der Waals surface area contributed by atoms with Crippen LogP contribution in [0, 0.1) is 18.8 Å². The van der Waals surface area contributed by atoms with Crippen molar-refractivity contribution >= 4 is 23.1 Å². The molecular weight excluding hydrogens is 463 g/mol. The van der Waals surface area contributed by atoms with Crippen LogP contribution in [-0.4, -0.2) is 41.0 Å². The standard InChI is InChI=1S/C28H36ClFN4O/c1-4-18-14-23(19(5-2)13-22(18)20-12-17(3)32-26(29)15-20)28(35)33-25-10-6-9-24(30)27(25)34-11-7-8-21(31)16-34/h6,9,12-15,18-19,21,25H,4-5,7-8,10-11,16,31H2,1-3H3,(H,33,35). The molecule has 0 saturated carbocycles. The third kappa shape index (κ3) is 5.70. The van der Waals surface area contributed by atoms with Crippen molar-refractivity contribution in [3.8, 4) is 0 Å². The molecule has 2 heterocycles. The van der Waals surface area contributed by atoms with E-state index in [0.717, 1.165) is 49.1 Å². The number of amides is 1. The SMILES string of the molecule is CCC1C=C(c2cc(C)nc(Cl)c2)C(CC)C=C1C(=O)NC1CC=CC(F)=C1N1CCCC(N)C1. The van der Waals surface area contributed by atoms with Crippen LogP contribution in [0.2, 0.25) is 5.15 Å². The summed E-state index contributed by atoms with van der Waals surface area (Å²) in [5, 5.41) is 3.64. The maximum Gasteiger partial charge on any atom is 0.248 e. The highest BCUT2D eigenvalue weighted by molar-refractivity contribution is 6.29. The molecule has 2 aliphatic carbocycles. The van der Waals surface area contributed by atoms with Crippen LogP contribution in [0.4, 0.5) is 4.39 Å². The zero-order chi connectivity index (χ0) is 25.1. The summed E-state index contributed by atoms with van der Waals surface area (Å²) < 4.78 is 15.0. The van der Waals surface area contributed by atoms with Gasteiger partial charge in [-0.15, -0.1) is 0 Å². The van der Waals surface area contributed by atoms with Gasteiger partial charge in [0.05, 0.1) is 11.7 Å². The predicted molar refractivity (Wildman–Crippen MR) is 140 cm³/mol. The predicted octanol–water partition coefficient (Wildman–Crippen LogP) is 5.47. The number of aryl methyl sites for hydroxylation is 1. The van der Waals surface area contributed by atoms with Gasteiger partial charge < -0.3 is 16.0 Å². The highest BCUT2D eigenvalue weighted by atomic mass is 35.5. The lowest BCUT2D eigenvalue weighted by molar-refractivity contribution is -0.118. The molecule has 0 radical (unpaired) electrons. The number of piperidine rings is 1. The molecule has 0 aromatic carbocycles. The first kappa shape index (κ1) is 25.6. The second-order valence-electron chi connectivity index (χ2n) is 9.84. The summed E-state index contributed by atoms with van der Waals surface area (Å²) in [4.78, 5) is 19.9. The average Bonchev–Trinajstić information content (AvgIpc) is 2.82. The van der Waals surface area contributed by atoms with E-state index in [4.69, 9.17) is 17.3 Å². The van der Waals surface area contributed by atoms with Crippen LogP contribution in [0.25, 0.3) is 5.57 Å². The summed E-state index contributed by atoms with van der Waals surface area (Å²) in [5.41, 5.74) is 10.6. The molecule has 35 heavy (non-hydrogen) atoms. The maximum absolute atomic E-state index is 15.0. The van der Waals surface area contributed by atoms with E-state index >= 15 is 0 Å². The molecule has 1 saturated heterocycles. The van der Waals surface area contributed by atoms with Crippen LogP contribution in [0.3, 0.4) is 0 Å². The van der Waals surface area contributed by atoms with Gasteiger partial charge >= 0.3 is 0 Å². The Labute approximate surface area is 213 Å². The molecule has 188 valence electrons. The first-order chi connectivity index (χ1) is 16.8. The third-order valence-electron chi connectivity index (χ3n) is 7.27. The van der Waals surface area contributed by atoms with E-state index in [-0.39, 0.29) is 29.6 Å². The van der Waals surface area contributed by atoms with E-state index in [0.29, 0.717) is 23.8 Å². The molecule has 1 aromatic rings. The molecule has 1 aliphatic heterocycles. The molecule has 1 aromatic heterocycles. The summed E-state index contributed by atoms with van der Waals surface area (Å²) in [7, 11) is 0. The van der Waals surface area contributed by atoms with Crippen molar-refractivity contribution in [1.29, 1.82) is 0 Å². The summed E-state index contributed by atoms with van der Waals surface area (Å²) in [5.74, 6) is -0.338. The normalized spacial score (nSPS) is 27.0. The number of rotatable bonds is 6. The van der Waals surface area contributed by atoms with Gasteiger partial charge in [-0.05, 0) is 68.4 Å². The fourth-order valence-electron chi connectivity index (χ4n) is 5.52. The van der Waals surface area contributed by atoms with Crippen molar-refractivity contribution in [2.24, 2.45) is 17.6 Å². The second kappa shape index (κ2) is 11.1. The van der Waals surface area contributed by atoms with Crippen LogP contribution in [-0.2, 0) is 4.79 Å². The number of nitrogens with one attached hydrogen (secondary N) is 1. The highest BCUT2D eigenvalue weighted by Gasteiger charge is 2.33. The molecule has 5 nitrogen and oxygen atoms in total. The maximum atomic E-state index is 15.0. The number of nitrogens with zero attached hydrogens (tertiary/aromatic N) is 2. The Bertz CT molecular complexity index is 1070. The van der Waals surface area contributed by atoms with Crippen molar-refractivity contribution in [2.75, 3.05) is 13.1 Å². The summed E-state index contributed by atoms with van der Waals surface area (Å²) in [6.45, 7) is 7.51. The number of likely N-dealkylation sites (tertiary alicyclic amines) is 1. The number of nitrogens with two attached hydrogens (primary N) is 1. The number of aromatic nitrogens is 1. The van der Waals surface area contributed by atoms with Gasteiger partial charge in [0.25, 0.3) is 0 Å². The van der Waals surface area contributed by atoms with Gasteiger partial charge in [0.2, 0.25) is 5.91 Å². The first-order valence-electron chi connectivity index (χ1n) is 12.8. The highest BCUT2D eigenvalue weighted by Crippen LogP contribution is 2.38. The van der Waals surface area contributed by atoms with Gasteiger partial charge in [0.15, 0.2) is 0 Å². The largest absolute Gasteiger partial charge is 0.369 e. The Morgan fingerprint density at radius 1 is 1.26 bits per heavy atom. The Morgan fingerprint density at radius 3 is 2.71 bits per heavy atom. The smallest absolute Gasteiger partial charge is 0.248 e. The molecule has 1 fully saturated rings. The van der Waals surface area contributed by atoms with Gasteiger partial charge in [0, 0.05) is 42.2 Å². The molecule has 0 bridgehead atoms. The molecule has 1 amide bonds. The minimum absolute atomic E-state index is 0.0241. The summed E-state index contributed by atoms with van der Waals surface area (Å²) in [6, 6.07) is 3.56. The fourth-order valence-corrected chi connectivity index (χ4v) is 5.78. The Morgan fingerprint density at radius 2 is 2.03 bits per heavy atom. The molecule has 4 atom stereocenters. The number of allylic oxidation sites excluding steroid dienone is 5. The van der Waals surface area contributed by atoms with E-state index in [1.807, 2.05) is 24.0 Å². The molecular formula is C28H36ClFN4O. The third-order valence-corrected chi connectivity index (χ3v) is 7.47. The summed E-state index contributed by atoms with van der Waals surface area (Å²) >= 11 is 6.25.